The van der Waals surface area contributed by atoms with Gasteiger partial charge in [-0.05, 0) is 0 Å². The summed E-state index contributed by atoms with van der Waals surface area (Å²) in [5, 5.41) is 14.0. The van der Waals surface area contributed by atoms with Gasteiger partial charge in [0.05, 0.1) is 5.69 Å². The first-order valence-electron chi connectivity index (χ1n) is 6.21. The summed E-state index contributed by atoms with van der Waals surface area (Å²) in [6.07, 6.45) is 1.47. The van der Waals surface area contributed by atoms with Crippen LogP contribution in [-0.2, 0) is 4.79 Å². The highest BCUT2D eigenvalue weighted by Gasteiger charge is 2.12. The molecule has 6 heteroatoms. The Labute approximate surface area is 127 Å². The molecular weight excluding hydrogens is 284 g/mol. The van der Waals surface area contributed by atoms with Crippen molar-refractivity contribution in [1.29, 1.82) is 5.26 Å². The Morgan fingerprint density at radius 2 is 2.10 bits per heavy atom. The number of nitriles is 1. The maximum Gasteiger partial charge on any atom is 0.269 e. The lowest BCUT2D eigenvalue weighted by Gasteiger charge is -2.05. The third-order valence-electron chi connectivity index (χ3n) is 2.55. The number of nitrogens with one attached hydrogen (secondary N) is 1. The Bertz CT molecular complexity index is 698. The second-order valence-electron chi connectivity index (χ2n) is 4.48. The van der Waals surface area contributed by atoms with Crippen molar-refractivity contribution in [3.05, 3.63) is 47.5 Å². The number of thiazole rings is 1. The van der Waals surface area contributed by atoms with Crippen LogP contribution < -0.4 is 5.32 Å². The fourth-order valence-electron chi connectivity index (χ4n) is 1.63. The van der Waals surface area contributed by atoms with Crippen molar-refractivity contribution in [2.75, 3.05) is 19.4 Å². The first-order chi connectivity index (χ1) is 10.1. The number of hydrogen-bond acceptors (Lipinski definition) is 5. The van der Waals surface area contributed by atoms with Crippen LogP contribution in [0, 0.1) is 11.3 Å². The number of amides is 1. The summed E-state index contributed by atoms with van der Waals surface area (Å²) >= 11 is 1.33. The van der Waals surface area contributed by atoms with Gasteiger partial charge in [-0.3, -0.25) is 10.1 Å². The number of hydrogen-bond donors (Lipinski definition) is 1. The molecule has 0 unspecified atom stereocenters. The average molecular weight is 298 g/mol. The lowest BCUT2D eigenvalue weighted by molar-refractivity contribution is -0.112. The number of nitrogens with zero attached hydrogens (tertiary/aromatic N) is 3. The molecule has 0 bridgehead atoms. The molecule has 0 saturated heterocycles. The van der Waals surface area contributed by atoms with E-state index in [2.05, 4.69) is 10.3 Å². The molecule has 1 amide bonds. The molecule has 1 heterocycles. The number of anilines is 1. The third-order valence-corrected chi connectivity index (χ3v) is 3.30. The van der Waals surface area contributed by atoms with E-state index >= 15 is 0 Å². The molecule has 0 saturated carbocycles. The molecule has 0 aliphatic carbocycles. The van der Waals surface area contributed by atoms with Crippen molar-refractivity contribution < 1.29 is 4.79 Å². The van der Waals surface area contributed by atoms with Crippen molar-refractivity contribution in [2.45, 2.75) is 0 Å². The molecule has 0 radical (unpaired) electrons. The normalized spacial score (nSPS) is 10.8. The number of rotatable bonds is 4. The van der Waals surface area contributed by atoms with Gasteiger partial charge >= 0.3 is 0 Å². The van der Waals surface area contributed by atoms with E-state index in [9.17, 15) is 4.79 Å². The van der Waals surface area contributed by atoms with Gasteiger partial charge < -0.3 is 4.90 Å². The van der Waals surface area contributed by atoms with E-state index < -0.39 is 5.91 Å². The molecule has 1 aromatic heterocycles. The van der Waals surface area contributed by atoms with Crippen LogP contribution in [0.5, 0.6) is 0 Å². The van der Waals surface area contributed by atoms with Crippen LogP contribution in [0.3, 0.4) is 0 Å². The summed E-state index contributed by atoms with van der Waals surface area (Å²) in [6, 6.07) is 11.6. The predicted molar refractivity (Wildman–Crippen MR) is 83.6 cm³/mol. The Kier molecular flexibility index (Phi) is 4.69. The second-order valence-corrected chi connectivity index (χ2v) is 5.33. The summed E-state index contributed by atoms with van der Waals surface area (Å²) in [5.74, 6) is -0.458. The van der Waals surface area contributed by atoms with Gasteiger partial charge in [-0.15, -0.1) is 11.3 Å². The zero-order valence-electron chi connectivity index (χ0n) is 11.7. The molecule has 106 valence electrons. The molecule has 0 fully saturated rings. The summed E-state index contributed by atoms with van der Waals surface area (Å²) in [6.45, 7) is 0. The SMILES string of the molecule is CN(C)/C=C(\C#N)C(=O)Nc1nc(-c2ccccc2)cs1. The fraction of sp³-hybridized carbons (Fsp3) is 0.133. The molecule has 5 nitrogen and oxygen atoms in total. The molecule has 1 N–H and O–H groups in total. The number of carbonyl (C=O) groups excluding carboxylic acids is 1. The van der Waals surface area contributed by atoms with E-state index in [4.69, 9.17) is 5.26 Å². The van der Waals surface area contributed by atoms with E-state index in [0.29, 0.717) is 5.13 Å². The summed E-state index contributed by atoms with van der Waals surface area (Å²) in [7, 11) is 3.50. The largest absolute Gasteiger partial charge is 0.382 e. The van der Waals surface area contributed by atoms with Crippen LogP contribution in [-0.4, -0.2) is 29.9 Å². The van der Waals surface area contributed by atoms with Crippen LogP contribution >= 0.6 is 11.3 Å². The zero-order chi connectivity index (χ0) is 15.2. The van der Waals surface area contributed by atoms with Crippen molar-refractivity contribution in [1.82, 2.24) is 9.88 Å². The van der Waals surface area contributed by atoms with Gasteiger partial charge in [0.25, 0.3) is 5.91 Å². The average Bonchev–Trinajstić information content (AvgIpc) is 2.94. The van der Waals surface area contributed by atoms with E-state index in [1.807, 2.05) is 41.8 Å². The van der Waals surface area contributed by atoms with E-state index in [0.717, 1.165) is 11.3 Å². The minimum atomic E-state index is -0.458. The lowest BCUT2D eigenvalue weighted by Crippen LogP contribution is -2.16. The number of carbonyl (C=O) groups is 1. The predicted octanol–water partition coefficient (Wildman–Crippen LogP) is 2.72. The second kappa shape index (κ2) is 6.68. The minimum Gasteiger partial charge on any atom is -0.382 e. The third kappa shape index (κ3) is 3.91. The fourth-order valence-corrected chi connectivity index (χ4v) is 2.35. The first-order valence-corrected chi connectivity index (χ1v) is 7.09. The summed E-state index contributed by atoms with van der Waals surface area (Å²) in [4.78, 5) is 18.0. The van der Waals surface area contributed by atoms with Gasteiger partial charge in [0.15, 0.2) is 5.13 Å². The topological polar surface area (TPSA) is 69.0 Å². The summed E-state index contributed by atoms with van der Waals surface area (Å²) in [5.41, 5.74) is 1.82. The highest BCUT2D eigenvalue weighted by atomic mass is 32.1. The van der Waals surface area contributed by atoms with Gasteiger partial charge in [0, 0.05) is 31.2 Å². The van der Waals surface area contributed by atoms with Gasteiger partial charge in [-0.1, -0.05) is 30.3 Å². The summed E-state index contributed by atoms with van der Waals surface area (Å²) < 4.78 is 0. The van der Waals surface area contributed by atoms with Gasteiger partial charge in [0.2, 0.25) is 0 Å². The monoisotopic (exact) mass is 298 g/mol. The van der Waals surface area contributed by atoms with Crippen molar-refractivity contribution in [2.24, 2.45) is 0 Å². The zero-order valence-corrected chi connectivity index (χ0v) is 12.5. The molecule has 0 aliphatic rings. The van der Waals surface area contributed by atoms with Gasteiger partial charge in [0.1, 0.15) is 11.6 Å². The highest BCUT2D eigenvalue weighted by molar-refractivity contribution is 7.14. The van der Waals surface area contributed by atoms with Crippen LogP contribution in [0.15, 0.2) is 47.5 Å². The molecule has 1 aromatic carbocycles. The molecule has 0 spiro atoms. The maximum atomic E-state index is 12.0. The van der Waals surface area contributed by atoms with Crippen LogP contribution in [0.25, 0.3) is 11.3 Å². The quantitative estimate of drug-likeness (QED) is 0.696. The Balaban J connectivity index is 2.13. The molecular formula is C15H14N4OS. The lowest BCUT2D eigenvalue weighted by atomic mass is 10.2. The Morgan fingerprint density at radius 1 is 1.38 bits per heavy atom. The van der Waals surface area contributed by atoms with Crippen molar-refractivity contribution in [3.63, 3.8) is 0 Å². The maximum absolute atomic E-state index is 12.0. The Hall–Kier alpha value is -2.65. The van der Waals surface area contributed by atoms with Gasteiger partial charge in [-0.25, -0.2) is 4.98 Å². The standard InChI is InChI=1S/C15H14N4OS/c1-19(2)9-12(8-16)14(20)18-15-17-13(10-21-15)11-6-4-3-5-7-11/h3-7,9-10H,1-2H3,(H,17,18,20)/b12-9+. The Morgan fingerprint density at radius 3 is 2.71 bits per heavy atom. The first kappa shape index (κ1) is 14.8. The number of benzene rings is 1. The molecule has 0 atom stereocenters. The van der Waals surface area contributed by atoms with E-state index in [1.165, 1.54) is 17.5 Å². The van der Waals surface area contributed by atoms with E-state index in [-0.39, 0.29) is 5.57 Å². The van der Waals surface area contributed by atoms with Crippen LogP contribution in [0.4, 0.5) is 5.13 Å². The molecule has 21 heavy (non-hydrogen) atoms. The molecule has 2 rings (SSSR count). The highest BCUT2D eigenvalue weighted by Crippen LogP contribution is 2.24. The van der Waals surface area contributed by atoms with Gasteiger partial charge in [-0.2, -0.15) is 5.26 Å². The number of aromatic nitrogens is 1. The molecule has 2 aromatic rings. The van der Waals surface area contributed by atoms with Crippen molar-refractivity contribution in [3.8, 4) is 17.3 Å². The van der Waals surface area contributed by atoms with E-state index in [1.54, 1.807) is 19.0 Å². The minimum absolute atomic E-state index is 0.0384. The smallest absolute Gasteiger partial charge is 0.269 e. The van der Waals surface area contributed by atoms with Crippen molar-refractivity contribution >= 4 is 22.4 Å². The molecule has 0 aliphatic heterocycles. The van der Waals surface area contributed by atoms with Crippen LogP contribution in [0.2, 0.25) is 0 Å². The van der Waals surface area contributed by atoms with Crippen LogP contribution in [0.1, 0.15) is 0 Å².